The minimum Gasteiger partial charge on any atom is -0.481 e. The Labute approximate surface area is 582 Å². The van der Waals surface area contributed by atoms with Gasteiger partial charge in [0.05, 0.1) is 18.3 Å². The molecule has 96 heavy (non-hydrogen) atoms. The molecule has 0 spiro atoms. The number of alkyl carbamates (subject to hydrolysis) is 1. The quantitative estimate of drug-likeness (QED) is 0.0318. The lowest BCUT2D eigenvalue weighted by atomic mass is 9.72. The number of nitrogens with one attached hydrogen (secondary N) is 1. The van der Waals surface area contributed by atoms with Crippen molar-refractivity contribution in [3.63, 3.8) is 0 Å². The average Bonchev–Trinajstić information content (AvgIpc) is 0.974. The van der Waals surface area contributed by atoms with Gasteiger partial charge in [-0.05, 0) is 72.9 Å². The fraction of sp³-hybridized carbons (Fsp3) is 0.795. The van der Waals surface area contributed by atoms with Crippen molar-refractivity contribution in [3.05, 3.63) is 11.1 Å². The normalized spacial score (nSPS) is 12.1. The lowest BCUT2D eigenvalue weighted by Crippen LogP contribution is -2.35. The molecule has 0 saturated heterocycles. The van der Waals surface area contributed by atoms with Crippen molar-refractivity contribution in [2.24, 2.45) is 65.6 Å². The van der Waals surface area contributed by atoms with E-state index < -0.39 is 56.7 Å². The third-order valence-electron chi connectivity index (χ3n) is 13.2. The lowest BCUT2D eigenvalue weighted by molar-refractivity contribution is -0.158. The highest BCUT2D eigenvalue weighted by Crippen LogP contribution is 2.33. The van der Waals surface area contributed by atoms with E-state index in [1.165, 1.54) is 11.3 Å². The third-order valence-corrected chi connectivity index (χ3v) is 14.0. The van der Waals surface area contributed by atoms with E-state index >= 15 is 0 Å². The molecule has 1 amide bonds. The van der Waals surface area contributed by atoms with Gasteiger partial charge in [0.1, 0.15) is 59.3 Å². The van der Waals surface area contributed by atoms with Crippen molar-refractivity contribution in [3.8, 4) is 0 Å². The molecule has 23 heteroatoms. The minimum atomic E-state index is -0.850. The Morgan fingerprint density at radius 1 is 0.458 bits per heavy atom. The summed E-state index contributed by atoms with van der Waals surface area (Å²) in [4.78, 5) is 140. The molecule has 1 aromatic rings. The van der Waals surface area contributed by atoms with Crippen LogP contribution in [-0.2, 0) is 73.4 Å². The Bertz CT molecular complexity index is 2590. The van der Waals surface area contributed by atoms with E-state index in [2.05, 4.69) is 10.3 Å². The molecule has 1 rings (SSSR count). The Balaban J connectivity index is -0.000000249. The van der Waals surface area contributed by atoms with Crippen LogP contribution in [0.1, 0.15) is 284 Å². The maximum Gasteiger partial charge on any atom is 0.407 e. The number of hydrogen-bond donors (Lipinski definition) is 6. The van der Waals surface area contributed by atoms with Gasteiger partial charge in [0, 0.05) is 106 Å². The number of aromatic nitrogens is 1. The Morgan fingerprint density at radius 2 is 0.865 bits per heavy atom. The number of nitrogens with two attached hydrogens (primary N) is 3. The van der Waals surface area contributed by atoms with Crippen LogP contribution in [0.15, 0.2) is 6.20 Å². The first kappa shape index (κ1) is 101. The van der Waals surface area contributed by atoms with Crippen LogP contribution < -0.4 is 22.5 Å². The average molecular weight is 1390 g/mol. The van der Waals surface area contributed by atoms with Crippen molar-refractivity contribution >= 4 is 86.9 Å². The first-order valence-electron chi connectivity index (χ1n) is 33.0. The number of carbonyl (C=O) groups excluding carboxylic acids is 10. The summed E-state index contributed by atoms with van der Waals surface area (Å²) in [6.07, 6.45) is 4.96. The van der Waals surface area contributed by atoms with Crippen LogP contribution in [0.5, 0.6) is 0 Å². The number of esters is 2. The van der Waals surface area contributed by atoms with Crippen molar-refractivity contribution < 1.29 is 82.0 Å². The third kappa shape index (κ3) is 58.4. The van der Waals surface area contributed by atoms with Gasteiger partial charge in [-0.1, -0.05) is 173 Å². The van der Waals surface area contributed by atoms with Gasteiger partial charge in [0.25, 0.3) is 0 Å². The van der Waals surface area contributed by atoms with E-state index in [4.69, 9.17) is 41.6 Å². The molecular weight excluding hydrogens is 1250 g/mol. The van der Waals surface area contributed by atoms with Crippen LogP contribution in [-0.4, -0.2) is 124 Å². The Kier molecular flexibility index (Phi) is 46.7. The number of hydrogen-bond acceptors (Lipinski definition) is 20. The van der Waals surface area contributed by atoms with Gasteiger partial charge in [0.2, 0.25) is 0 Å². The summed E-state index contributed by atoms with van der Waals surface area (Å²) in [7, 11) is 0. The second-order valence-electron chi connectivity index (χ2n) is 34.4. The number of carboxylic acids is 2. The lowest BCUT2D eigenvalue weighted by Gasteiger charge is -2.30. The van der Waals surface area contributed by atoms with Crippen molar-refractivity contribution in [1.29, 1.82) is 0 Å². The van der Waals surface area contributed by atoms with E-state index in [0.29, 0.717) is 69.1 Å². The predicted octanol–water partition coefficient (Wildman–Crippen LogP) is 14.2. The number of rotatable bonds is 24. The summed E-state index contributed by atoms with van der Waals surface area (Å²) in [5.74, 6) is -1.34. The van der Waals surface area contributed by atoms with Gasteiger partial charge >= 0.3 is 30.0 Å². The molecule has 1 aromatic heterocycles. The number of thiazole rings is 1. The van der Waals surface area contributed by atoms with Gasteiger partial charge in [-0.3, -0.25) is 52.7 Å². The highest BCUT2D eigenvalue weighted by Gasteiger charge is 2.36. The molecule has 0 radical (unpaired) electrons. The zero-order valence-corrected chi connectivity index (χ0v) is 66.3. The van der Waals surface area contributed by atoms with E-state index in [9.17, 15) is 57.5 Å². The number of anilines is 1. The number of nitrogen functional groups attached to an aromatic ring is 1. The highest BCUT2D eigenvalue weighted by molar-refractivity contribution is 7.15. The van der Waals surface area contributed by atoms with E-state index in [-0.39, 0.29) is 107 Å². The molecular formula is C73H135N5O17S. The van der Waals surface area contributed by atoms with Crippen LogP contribution in [0.2, 0.25) is 0 Å². The summed E-state index contributed by atoms with van der Waals surface area (Å²) in [6, 6.07) is 0. The molecule has 0 saturated carbocycles. The molecule has 0 atom stereocenters. The molecule has 0 aromatic carbocycles. The zero-order chi connectivity index (χ0) is 77.8. The number of amides is 1. The smallest absolute Gasteiger partial charge is 0.407 e. The standard InChI is InChI=1S/C15H26O5.C12H23NO3.2C11H20O3.C9H14N2OS.C8H17NO.C7H15NO/c1-14(2,3)11(16)7-8-12(17)19-9-10-20-13(18)15(4,5)6;1-11(2,3)9(14)7-8-13-10(15)16-12(4,5)6;1-10(2,3)8(12)6-11(4,5)7-9(13)14;1-10(2,3)9(14)11(4,5)7-6-8(12)13;1-9(2,3)7(12)4-6-5-11-8(10)13-6;1-8(2,3)7(10)5-4-6-9;1-7(2,3)6(9)4-5-8/h7-10H2,1-6H3;7-8H2,1-6H3,(H,13,15);6-7H2,1-5H3,(H,13,14);6-7H2,1-5H3,(H,12,13);5H,4H2,1-3H3,(H2,10,11);4-6,9H2,1-3H3;4-5,8H2,1-3H3. The number of aliphatic carboxylic acids is 2. The second-order valence-corrected chi connectivity index (χ2v) is 35.5. The molecule has 0 bridgehead atoms. The van der Waals surface area contributed by atoms with E-state index in [0.717, 1.165) is 11.3 Å². The molecule has 9 N–H and O–H groups in total. The molecule has 0 fully saturated rings. The van der Waals surface area contributed by atoms with Gasteiger partial charge in [0.15, 0.2) is 5.13 Å². The number of ketones is 7. The maximum absolute atomic E-state index is 11.9. The molecule has 0 aliphatic heterocycles. The molecule has 0 aliphatic rings. The van der Waals surface area contributed by atoms with Crippen LogP contribution in [0.4, 0.5) is 9.93 Å². The van der Waals surface area contributed by atoms with Crippen molar-refractivity contribution in [1.82, 2.24) is 10.3 Å². The number of carboxylic acid groups (broad SMARTS) is 2. The molecule has 560 valence electrons. The molecule has 22 nitrogen and oxygen atoms in total. The monoisotopic (exact) mass is 1390 g/mol. The fourth-order valence-corrected chi connectivity index (χ4v) is 7.51. The molecule has 1 heterocycles. The summed E-state index contributed by atoms with van der Waals surface area (Å²) in [5.41, 5.74) is 11.6. The fourth-order valence-electron chi connectivity index (χ4n) is 6.83. The van der Waals surface area contributed by atoms with E-state index in [1.54, 1.807) is 47.7 Å². The van der Waals surface area contributed by atoms with Gasteiger partial charge in [-0.2, -0.15) is 0 Å². The summed E-state index contributed by atoms with van der Waals surface area (Å²) < 4.78 is 14.9. The highest BCUT2D eigenvalue weighted by atomic mass is 32.1. The number of ether oxygens (including phenoxy) is 3. The first-order chi connectivity index (χ1) is 42.4. The van der Waals surface area contributed by atoms with Gasteiger partial charge in [-0.15, -0.1) is 11.3 Å². The number of carbonyl (C=O) groups is 12. The molecule has 0 unspecified atom stereocenters. The predicted molar refractivity (Wildman–Crippen MR) is 384 cm³/mol. The van der Waals surface area contributed by atoms with E-state index in [1.807, 2.05) is 173 Å². The Hall–Kier alpha value is -5.81. The largest absolute Gasteiger partial charge is 0.481 e. The van der Waals surface area contributed by atoms with Gasteiger partial charge < -0.3 is 46.9 Å². The zero-order valence-electron chi connectivity index (χ0n) is 65.5. The van der Waals surface area contributed by atoms with Gasteiger partial charge in [-0.25, -0.2) is 9.78 Å². The second kappa shape index (κ2) is 44.3. The number of Topliss-reactive ketones (excluding diaryl/α,β-unsaturated/α-hetero) is 7. The van der Waals surface area contributed by atoms with Crippen LogP contribution >= 0.6 is 11.3 Å². The van der Waals surface area contributed by atoms with Crippen LogP contribution in [0, 0.1) is 54.1 Å². The topological polar surface area (TPSA) is 376 Å². The maximum atomic E-state index is 11.9. The SMILES string of the molecule is CC(C)(C)C(=O)C(C)(C)CCC(=O)O.CC(C)(C)C(=O)CCC(=O)OCCOC(=O)C(C)(C)C.CC(C)(C)C(=O)CCCN.CC(C)(C)C(=O)CCN.CC(C)(C)C(=O)Cc1cnc(N)s1.CC(C)(C)OC(=O)NCCC(=O)C(C)(C)C.CC(C)(CC(=O)O)CC(=O)C(C)(C)C. The minimum absolute atomic E-state index is 0.0182. The first-order valence-corrected chi connectivity index (χ1v) is 33.8. The van der Waals surface area contributed by atoms with Crippen LogP contribution in [0.25, 0.3) is 0 Å². The molecule has 0 aliphatic carbocycles. The van der Waals surface area contributed by atoms with Crippen molar-refractivity contribution in [2.75, 3.05) is 38.6 Å². The van der Waals surface area contributed by atoms with Crippen LogP contribution in [0.3, 0.4) is 0 Å². The Morgan fingerprint density at radius 3 is 1.20 bits per heavy atom. The summed E-state index contributed by atoms with van der Waals surface area (Å²) in [5, 5.41) is 20.3. The van der Waals surface area contributed by atoms with Crippen molar-refractivity contribution in [2.45, 2.75) is 291 Å². The summed E-state index contributed by atoms with van der Waals surface area (Å²) >= 11 is 1.38. The summed E-state index contributed by atoms with van der Waals surface area (Å²) in [6.45, 7) is 58.8. The number of nitrogens with zero attached hydrogens (tertiary/aromatic N) is 1.